The Morgan fingerprint density at radius 1 is 1.08 bits per heavy atom. The number of nitrogens with zero attached hydrogens (tertiary/aromatic N) is 3. The van der Waals surface area contributed by atoms with Crippen molar-refractivity contribution in [3.05, 3.63) is 65.7 Å². The van der Waals surface area contributed by atoms with Gasteiger partial charge in [0.05, 0.1) is 0 Å². The van der Waals surface area contributed by atoms with Gasteiger partial charge in [-0.2, -0.15) is 0 Å². The summed E-state index contributed by atoms with van der Waals surface area (Å²) >= 11 is 2.87. The van der Waals surface area contributed by atoms with E-state index in [0.717, 1.165) is 21.2 Å². The molecule has 1 atom stereocenters. The number of hydrogen-bond acceptors (Lipinski definition) is 6. The molecule has 1 amide bonds. The molecule has 26 heavy (non-hydrogen) atoms. The highest BCUT2D eigenvalue weighted by Crippen LogP contribution is 2.39. The molecule has 2 aromatic carbocycles. The molecule has 1 heterocycles. The maximum absolute atomic E-state index is 12.6. The third-order valence-corrected chi connectivity index (χ3v) is 5.94. The average molecular weight is 385 g/mol. The fraction of sp³-hybridized carbons (Fsp3) is 0.211. The molecule has 3 aromatic rings. The van der Waals surface area contributed by atoms with Gasteiger partial charge in [0.15, 0.2) is 4.34 Å². The topological polar surface area (TPSA) is 58.1 Å². The minimum absolute atomic E-state index is 0.0322. The summed E-state index contributed by atoms with van der Waals surface area (Å²) in [6, 6.07) is 17.8. The van der Waals surface area contributed by atoms with E-state index in [1.165, 1.54) is 23.1 Å². The van der Waals surface area contributed by atoms with Gasteiger partial charge in [-0.1, -0.05) is 71.6 Å². The number of rotatable bonds is 6. The summed E-state index contributed by atoms with van der Waals surface area (Å²) in [6.07, 6.45) is 0. The van der Waals surface area contributed by atoms with E-state index in [1.54, 1.807) is 19.0 Å². The zero-order chi connectivity index (χ0) is 18.5. The van der Waals surface area contributed by atoms with Crippen molar-refractivity contribution in [3.8, 4) is 0 Å². The fourth-order valence-corrected chi connectivity index (χ4v) is 4.46. The van der Waals surface area contributed by atoms with Crippen molar-refractivity contribution in [1.82, 2.24) is 15.1 Å². The molecule has 0 saturated heterocycles. The largest absolute Gasteiger partial charge is 0.348 e. The molecule has 0 unspecified atom stereocenters. The number of para-hydroxylation sites is 1. The maximum atomic E-state index is 12.6. The minimum atomic E-state index is -0.342. The third kappa shape index (κ3) is 4.42. The fourth-order valence-electron chi connectivity index (χ4n) is 2.36. The van der Waals surface area contributed by atoms with Crippen LogP contribution in [0.1, 0.15) is 16.4 Å². The number of carbonyl (C=O) groups excluding carboxylic acids is 1. The lowest BCUT2D eigenvalue weighted by atomic mass is 10.1. The van der Waals surface area contributed by atoms with Crippen molar-refractivity contribution < 1.29 is 4.79 Å². The molecule has 134 valence electrons. The molecule has 0 saturated carbocycles. The lowest BCUT2D eigenvalue weighted by molar-refractivity contribution is -0.128. The first kappa shape index (κ1) is 18.4. The number of aromatic nitrogens is 2. The van der Waals surface area contributed by atoms with Gasteiger partial charge < -0.3 is 10.2 Å². The summed E-state index contributed by atoms with van der Waals surface area (Å²) < 4.78 is 0.755. The van der Waals surface area contributed by atoms with E-state index in [4.69, 9.17) is 0 Å². The number of likely N-dealkylation sites (N-methyl/N-ethyl adjacent to an activating group) is 1. The Labute approximate surface area is 161 Å². The molecule has 0 radical (unpaired) electrons. The van der Waals surface area contributed by atoms with Gasteiger partial charge in [-0.25, -0.2) is 0 Å². The molecule has 7 heteroatoms. The highest BCUT2D eigenvalue weighted by atomic mass is 32.2. The number of benzene rings is 2. The van der Waals surface area contributed by atoms with Gasteiger partial charge >= 0.3 is 0 Å². The van der Waals surface area contributed by atoms with Crippen LogP contribution in [0.5, 0.6) is 0 Å². The second-order valence-electron chi connectivity index (χ2n) is 5.95. The summed E-state index contributed by atoms with van der Waals surface area (Å²) in [5, 5.41) is 12.1. The van der Waals surface area contributed by atoms with Crippen molar-refractivity contribution in [2.24, 2.45) is 0 Å². The van der Waals surface area contributed by atoms with E-state index in [9.17, 15) is 4.79 Å². The van der Waals surface area contributed by atoms with Gasteiger partial charge in [-0.3, -0.25) is 4.79 Å². The van der Waals surface area contributed by atoms with Gasteiger partial charge in [0.1, 0.15) is 5.25 Å². The predicted molar refractivity (Wildman–Crippen MR) is 108 cm³/mol. The van der Waals surface area contributed by atoms with Crippen molar-refractivity contribution >= 4 is 39.8 Å². The number of anilines is 2. The Kier molecular flexibility index (Phi) is 5.90. The highest BCUT2D eigenvalue weighted by Gasteiger charge is 2.25. The highest BCUT2D eigenvalue weighted by molar-refractivity contribution is 8.01. The van der Waals surface area contributed by atoms with Gasteiger partial charge in [0.2, 0.25) is 11.0 Å². The second-order valence-corrected chi connectivity index (χ2v) is 8.28. The van der Waals surface area contributed by atoms with Crippen LogP contribution >= 0.6 is 23.1 Å². The number of amides is 1. The molecule has 0 spiro atoms. The molecule has 0 aliphatic carbocycles. The van der Waals surface area contributed by atoms with Gasteiger partial charge in [-0.05, 0) is 24.1 Å². The van der Waals surface area contributed by atoms with Crippen molar-refractivity contribution in [1.29, 1.82) is 0 Å². The first-order chi connectivity index (χ1) is 12.5. The van der Waals surface area contributed by atoms with Crippen LogP contribution in [0.4, 0.5) is 10.8 Å². The number of aryl methyl sites for hydroxylation is 1. The lowest BCUT2D eigenvalue weighted by Gasteiger charge is -2.19. The van der Waals surface area contributed by atoms with Crippen molar-refractivity contribution in [3.63, 3.8) is 0 Å². The Morgan fingerprint density at radius 2 is 1.77 bits per heavy atom. The summed E-state index contributed by atoms with van der Waals surface area (Å²) in [7, 11) is 3.54. The second kappa shape index (κ2) is 8.33. The average Bonchev–Trinajstić information content (AvgIpc) is 3.09. The molecule has 0 aliphatic heterocycles. The quantitative estimate of drug-likeness (QED) is 0.634. The van der Waals surface area contributed by atoms with Crippen LogP contribution in [-0.4, -0.2) is 35.1 Å². The van der Waals surface area contributed by atoms with E-state index in [2.05, 4.69) is 15.5 Å². The van der Waals surface area contributed by atoms with Crippen LogP contribution in [0.3, 0.4) is 0 Å². The molecule has 1 N–H and O–H groups in total. The smallest absolute Gasteiger partial charge is 0.240 e. The lowest BCUT2D eigenvalue weighted by Crippen LogP contribution is -2.26. The van der Waals surface area contributed by atoms with Crippen LogP contribution < -0.4 is 5.32 Å². The monoisotopic (exact) mass is 384 g/mol. The van der Waals surface area contributed by atoms with Gasteiger partial charge in [0.25, 0.3) is 0 Å². The van der Waals surface area contributed by atoms with Crippen LogP contribution in [0, 0.1) is 6.92 Å². The van der Waals surface area contributed by atoms with Gasteiger partial charge in [-0.15, -0.1) is 10.2 Å². The maximum Gasteiger partial charge on any atom is 0.240 e. The first-order valence-corrected chi connectivity index (χ1v) is 9.83. The molecule has 0 aliphatic rings. The molecular weight excluding hydrogens is 364 g/mol. The van der Waals surface area contributed by atoms with Crippen molar-refractivity contribution in [2.75, 3.05) is 19.4 Å². The number of nitrogens with one attached hydrogen (secondary N) is 1. The first-order valence-electron chi connectivity index (χ1n) is 8.13. The van der Waals surface area contributed by atoms with E-state index in [0.29, 0.717) is 5.13 Å². The SMILES string of the molecule is Cc1ccccc1Nc1nnc(S[C@H](C(=O)N(C)C)c2ccccc2)s1. The van der Waals surface area contributed by atoms with E-state index in [-0.39, 0.29) is 11.2 Å². The molecule has 5 nitrogen and oxygen atoms in total. The normalized spacial score (nSPS) is 11.8. The predicted octanol–water partition coefficient (Wildman–Crippen LogP) is 4.51. The minimum Gasteiger partial charge on any atom is -0.348 e. The van der Waals surface area contributed by atoms with E-state index >= 15 is 0 Å². The van der Waals surface area contributed by atoms with Crippen LogP contribution in [-0.2, 0) is 4.79 Å². The number of hydrogen-bond donors (Lipinski definition) is 1. The van der Waals surface area contributed by atoms with Crippen LogP contribution in [0.2, 0.25) is 0 Å². The molecule has 0 bridgehead atoms. The molecule has 3 rings (SSSR count). The van der Waals surface area contributed by atoms with Gasteiger partial charge in [0, 0.05) is 19.8 Å². The Balaban J connectivity index is 1.79. The Morgan fingerprint density at radius 3 is 2.46 bits per heavy atom. The molecular formula is C19H20N4OS2. The summed E-state index contributed by atoms with van der Waals surface area (Å²) in [4.78, 5) is 14.2. The number of thioether (sulfide) groups is 1. The van der Waals surface area contributed by atoms with Crippen LogP contribution in [0.25, 0.3) is 0 Å². The third-order valence-electron chi connectivity index (χ3n) is 3.78. The van der Waals surface area contributed by atoms with Crippen molar-refractivity contribution in [2.45, 2.75) is 16.5 Å². The molecule has 1 aromatic heterocycles. The zero-order valence-corrected chi connectivity index (χ0v) is 16.5. The van der Waals surface area contributed by atoms with Crippen LogP contribution in [0.15, 0.2) is 58.9 Å². The van der Waals surface area contributed by atoms with E-state index in [1.807, 2.05) is 61.5 Å². The van der Waals surface area contributed by atoms with E-state index < -0.39 is 0 Å². The number of carbonyl (C=O) groups is 1. The standard InChI is InChI=1S/C19H20N4OS2/c1-13-9-7-8-12-15(13)20-18-21-22-19(26-18)25-16(17(24)23(2)3)14-10-5-4-6-11-14/h4-12,16H,1-3H3,(H,20,21)/t16-/m0/s1. The molecule has 0 fully saturated rings. The Hall–Kier alpha value is -2.38. The summed E-state index contributed by atoms with van der Waals surface area (Å²) in [5.41, 5.74) is 3.10. The summed E-state index contributed by atoms with van der Waals surface area (Å²) in [5.74, 6) is 0.0322. The summed E-state index contributed by atoms with van der Waals surface area (Å²) in [6.45, 7) is 2.04. The Bertz CT molecular complexity index is 880. The zero-order valence-electron chi connectivity index (χ0n) is 14.8.